The zero-order valence-electron chi connectivity index (χ0n) is 37.7. The molecule has 6 aromatic rings. The third-order valence-corrected chi connectivity index (χ3v) is 14.2. The number of aromatic nitrogens is 6. The van der Waals surface area contributed by atoms with Crippen molar-refractivity contribution in [1.29, 1.82) is 0 Å². The van der Waals surface area contributed by atoms with E-state index in [1.807, 2.05) is 0 Å². The zero-order chi connectivity index (χ0) is 45.5. The zero-order valence-corrected chi connectivity index (χ0v) is 37.7. The molecule has 18 heteroatoms. The average Bonchev–Trinajstić information content (AvgIpc) is 4.09. The van der Waals surface area contributed by atoms with Gasteiger partial charge in [-0.3, -0.25) is 28.8 Å². The molecule has 18 nitrogen and oxygen atoms in total. The topological polar surface area (TPSA) is 210 Å². The van der Waals surface area contributed by atoms with E-state index in [0.717, 1.165) is 71.2 Å². The van der Waals surface area contributed by atoms with Crippen LogP contribution < -0.4 is 32.6 Å². The van der Waals surface area contributed by atoms with E-state index in [2.05, 4.69) is 59.7 Å². The summed E-state index contributed by atoms with van der Waals surface area (Å²) in [5, 5.41) is 11.1. The smallest absolute Gasteiger partial charge is 0.275 e. The van der Waals surface area contributed by atoms with Crippen molar-refractivity contribution in [2.45, 2.75) is 57.2 Å². The first kappa shape index (κ1) is 44.0. The number of rotatable bonds is 12. The van der Waals surface area contributed by atoms with E-state index >= 15 is 0 Å². The minimum absolute atomic E-state index is 0.0512. The highest BCUT2D eigenvalue weighted by atomic mass is 16.2. The number of H-pyrrole nitrogens is 3. The van der Waals surface area contributed by atoms with Crippen LogP contribution in [0, 0.1) is 11.8 Å². The van der Waals surface area contributed by atoms with Gasteiger partial charge in [-0.15, -0.1) is 0 Å². The summed E-state index contributed by atoms with van der Waals surface area (Å²) < 4.78 is 4.29. The van der Waals surface area contributed by atoms with E-state index in [9.17, 15) is 28.8 Å². The number of likely N-dealkylation sites (tertiary alicyclic amines) is 3. The highest BCUT2D eigenvalue weighted by molar-refractivity contribution is 6.07. The monoisotopic (exact) mass is 888 g/mol. The number of hydrogen-bond donors (Lipinski definition) is 6. The second kappa shape index (κ2) is 18.3. The Labute approximate surface area is 375 Å². The normalized spacial score (nSPS) is 20.5. The van der Waals surface area contributed by atoms with Crippen LogP contribution in [0.4, 0.5) is 0 Å². The number of fused-ring (bicyclic) bond motifs is 3. The number of aromatic amines is 3. The number of nitrogens with one attached hydrogen (secondary N) is 6. The first-order valence-corrected chi connectivity index (χ1v) is 22.9. The lowest BCUT2D eigenvalue weighted by atomic mass is 9.83. The lowest BCUT2D eigenvalue weighted by Crippen LogP contribution is -2.54. The molecule has 0 aromatic carbocycles. The third kappa shape index (κ3) is 8.94. The molecule has 6 aromatic heterocycles. The molecule has 3 atom stereocenters. The molecule has 0 radical (unpaired) electrons. The van der Waals surface area contributed by atoms with Gasteiger partial charge in [-0.2, -0.15) is 0 Å². The van der Waals surface area contributed by atoms with Gasteiger partial charge in [-0.1, -0.05) is 0 Å². The predicted octanol–water partition coefficient (Wildman–Crippen LogP) is 2.14. The van der Waals surface area contributed by atoms with Crippen molar-refractivity contribution in [1.82, 2.24) is 59.3 Å². The summed E-state index contributed by atoms with van der Waals surface area (Å²) in [6.07, 6.45) is 13.8. The predicted molar refractivity (Wildman–Crippen MR) is 250 cm³/mol. The van der Waals surface area contributed by atoms with E-state index in [-0.39, 0.29) is 58.5 Å². The summed E-state index contributed by atoms with van der Waals surface area (Å²) in [6.45, 7) is 6.43. The van der Waals surface area contributed by atoms with Gasteiger partial charge in [0.1, 0.15) is 16.6 Å². The molecule has 0 aliphatic carbocycles. The van der Waals surface area contributed by atoms with Gasteiger partial charge in [0.05, 0.1) is 23.2 Å². The van der Waals surface area contributed by atoms with Crippen molar-refractivity contribution in [3.05, 3.63) is 103 Å². The first-order valence-electron chi connectivity index (χ1n) is 22.9. The maximum Gasteiger partial charge on any atom is 0.275 e. The molecule has 3 aliphatic heterocycles. The van der Waals surface area contributed by atoms with Crippen LogP contribution in [-0.4, -0.2) is 140 Å². The van der Waals surface area contributed by atoms with Gasteiger partial charge < -0.3 is 59.3 Å². The molecular weight excluding hydrogens is 829 g/mol. The maximum atomic E-state index is 14.2. The van der Waals surface area contributed by atoms with E-state index in [1.165, 1.54) is 13.7 Å². The summed E-state index contributed by atoms with van der Waals surface area (Å²) in [4.78, 5) is 96.9. The van der Waals surface area contributed by atoms with Gasteiger partial charge in [-0.25, -0.2) is 0 Å². The van der Waals surface area contributed by atoms with Gasteiger partial charge in [0.25, 0.3) is 34.4 Å². The summed E-state index contributed by atoms with van der Waals surface area (Å²) in [5.41, 5.74) is 1.99. The second-order valence-electron chi connectivity index (χ2n) is 18.7. The second-order valence-corrected chi connectivity index (χ2v) is 18.7. The first-order chi connectivity index (χ1) is 31.3. The molecule has 9 heterocycles. The molecule has 0 saturated carbocycles. The number of aryl methyl sites for hydroxylation is 2. The van der Waals surface area contributed by atoms with E-state index in [1.54, 1.807) is 63.3 Å². The standard InChI is InChI=1S/C47H60N12O6/c1-54-16-9-28(10-17-54)22-51-43(61)37-27-59(47(65)40-33(37)8-13-49-40)24-31-20-34-36(26-57(4)46(64)41(34)52-31)44(62)53-30-11-18-55(2)38(21-30)29-6-5-15-58(23-29)19-14-50-42(60)35-25-56(3)45(63)39-32(35)7-12-48-39/h7-8,12-13,20,25-30,38,48-49,52H,5-6,9-11,14-19,21-24H2,1-4H3,(H,50,60)(H,51,61)(H,53,62). The molecular formula is C47H60N12O6. The van der Waals surface area contributed by atoms with Crippen LogP contribution in [0.15, 0.2) is 63.6 Å². The Hall–Kier alpha value is -6.24. The molecule has 3 amide bonds. The van der Waals surface area contributed by atoms with Gasteiger partial charge in [0.2, 0.25) is 0 Å². The number of pyridine rings is 3. The summed E-state index contributed by atoms with van der Waals surface area (Å²) in [7, 11) is 7.52. The van der Waals surface area contributed by atoms with Crippen molar-refractivity contribution in [2.24, 2.45) is 25.9 Å². The Morgan fingerprint density at radius 2 is 1.35 bits per heavy atom. The van der Waals surface area contributed by atoms with E-state index < -0.39 is 0 Å². The lowest BCUT2D eigenvalue weighted by Gasteiger charge is -2.45. The van der Waals surface area contributed by atoms with Crippen LogP contribution >= 0.6 is 0 Å². The molecule has 3 saturated heterocycles. The summed E-state index contributed by atoms with van der Waals surface area (Å²) in [5.74, 6) is 0.0418. The molecule has 6 N–H and O–H groups in total. The van der Waals surface area contributed by atoms with Gasteiger partial charge in [0, 0.05) is 112 Å². The van der Waals surface area contributed by atoms with Crippen LogP contribution in [0.3, 0.4) is 0 Å². The third-order valence-electron chi connectivity index (χ3n) is 14.2. The number of carbonyl (C=O) groups excluding carboxylic acids is 3. The Morgan fingerprint density at radius 3 is 2.08 bits per heavy atom. The maximum absolute atomic E-state index is 14.2. The summed E-state index contributed by atoms with van der Waals surface area (Å²) >= 11 is 0. The van der Waals surface area contributed by atoms with Crippen LogP contribution in [0.25, 0.3) is 32.7 Å². The number of carbonyl (C=O) groups is 3. The highest BCUT2D eigenvalue weighted by Crippen LogP contribution is 2.30. The average molecular weight is 889 g/mol. The van der Waals surface area contributed by atoms with Crippen LogP contribution in [0.1, 0.15) is 75.3 Å². The van der Waals surface area contributed by atoms with Crippen molar-refractivity contribution in [3.8, 4) is 0 Å². The van der Waals surface area contributed by atoms with Crippen molar-refractivity contribution in [2.75, 3.05) is 66.5 Å². The van der Waals surface area contributed by atoms with Gasteiger partial charge in [0.15, 0.2) is 0 Å². The fourth-order valence-corrected chi connectivity index (χ4v) is 10.5. The van der Waals surface area contributed by atoms with Crippen molar-refractivity contribution >= 4 is 50.4 Å². The summed E-state index contributed by atoms with van der Waals surface area (Å²) in [6, 6.07) is 5.42. The highest BCUT2D eigenvalue weighted by Gasteiger charge is 2.35. The fourth-order valence-electron chi connectivity index (χ4n) is 10.5. The Kier molecular flexibility index (Phi) is 12.4. The van der Waals surface area contributed by atoms with E-state index in [0.29, 0.717) is 81.0 Å². The van der Waals surface area contributed by atoms with Gasteiger partial charge >= 0.3 is 0 Å². The molecule has 3 fully saturated rings. The minimum Gasteiger partial charge on any atom is -0.357 e. The number of amides is 3. The Bertz CT molecular complexity index is 2950. The molecule has 3 unspecified atom stereocenters. The molecule has 9 rings (SSSR count). The van der Waals surface area contributed by atoms with Crippen LogP contribution in [0.2, 0.25) is 0 Å². The number of nitrogens with zero attached hydrogens (tertiary/aromatic N) is 6. The SMILES string of the molecule is CN1CCC(CNC(=O)c2cn(Cc3cc4c(C(=O)NC5CCN(C)C(C6CCCN(CCNC(=O)c7cn(C)c(=O)c8[nH]ccc78)C6)C5)cn(C)c(=O)c4[nH]3)c(=O)c3[nH]ccc23)CC1. The molecule has 0 spiro atoms. The molecule has 3 aliphatic rings. The molecule has 0 bridgehead atoms. The Balaban J connectivity index is 0.853. The lowest BCUT2D eigenvalue weighted by molar-refractivity contribution is 0.0555. The Morgan fingerprint density at radius 1 is 0.708 bits per heavy atom. The fraction of sp³-hybridized carbons (Fsp3) is 0.489. The molecule has 344 valence electrons. The van der Waals surface area contributed by atoms with Crippen LogP contribution in [-0.2, 0) is 20.6 Å². The van der Waals surface area contributed by atoms with Crippen molar-refractivity contribution < 1.29 is 14.4 Å². The number of hydrogen-bond acceptors (Lipinski definition) is 9. The molecule has 65 heavy (non-hydrogen) atoms. The van der Waals surface area contributed by atoms with Gasteiger partial charge in [-0.05, 0) is 102 Å². The van der Waals surface area contributed by atoms with E-state index in [4.69, 9.17) is 0 Å². The number of piperidine rings is 3. The van der Waals surface area contributed by atoms with Crippen LogP contribution in [0.5, 0.6) is 0 Å². The minimum atomic E-state index is -0.303. The largest absolute Gasteiger partial charge is 0.357 e. The van der Waals surface area contributed by atoms with Crippen molar-refractivity contribution in [3.63, 3.8) is 0 Å². The quantitative estimate of drug-likeness (QED) is 0.106.